The van der Waals surface area contributed by atoms with E-state index in [1.54, 1.807) is 0 Å². The number of nitrogens with one attached hydrogen (secondary N) is 1. The van der Waals surface area contributed by atoms with Crippen molar-refractivity contribution < 1.29 is 23.8 Å². The zero-order valence-electron chi connectivity index (χ0n) is 18.8. The second kappa shape index (κ2) is 10.2. The van der Waals surface area contributed by atoms with Gasteiger partial charge in [-0.05, 0) is 36.7 Å². The number of rotatable bonds is 7. The number of aromatic amines is 1. The summed E-state index contributed by atoms with van der Waals surface area (Å²) in [6.45, 7) is 0.837. The summed E-state index contributed by atoms with van der Waals surface area (Å²) in [6, 6.07) is 6.00. The van der Waals surface area contributed by atoms with E-state index in [9.17, 15) is 24.7 Å². The fourth-order valence-electron chi connectivity index (χ4n) is 3.57. The van der Waals surface area contributed by atoms with E-state index in [1.807, 2.05) is 0 Å². The Morgan fingerprint density at radius 2 is 1.89 bits per heavy atom. The first-order valence-corrected chi connectivity index (χ1v) is 10.6. The third-order valence-electron chi connectivity index (χ3n) is 5.38. The molecular formula is C22H19N7O7. The fraction of sp³-hybridized carbons (Fsp3) is 0.273. The number of H-pyrrole nitrogens is 1. The summed E-state index contributed by atoms with van der Waals surface area (Å²) in [6.07, 6.45) is 4.18. The van der Waals surface area contributed by atoms with Crippen molar-refractivity contribution in [3.05, 3.63) is 103 Å². The number of pyridine rings is 2. The highest BCUT2D eigenvalue weighted by Gasteiger charge is 2.53. The summed E-state index contributed by atoms with van der Waals surface area (Å²) < 4.78 is 17.9. The number of azide groups is 1. The Labute approximate surface area is 202 Å². The predicted octanol–water partition coefficient (Wildman–Crippen LogP) is 1.64. The van der Waals surface area contributed by atoms with Crippen LogP contribution in [0.1, 0.15) is 38.9 Å². The molecule has 4 heterocycles. The van der Waals surface area contributed by atoms with Gasteiger partial charge >= 0.3 is 17.6 Å². The SMILES string of the molecule is Cc1cn([C@H]2C[C@H](OC(=O)c3cccnc3)[C@](COC(=O)c3cccnc3)(N=[N+]=[N-])O2)c(=O)[nH]c1=O. The number of ether oxygens (including phenoxy) is 3. The lowest BCUT2D eigenvalue weighted by molar-refractivity contribution is -0.128. The lowest BCUT2D eigenvalue weighted by atomic mass is 10.1. The van der Waals surface area contributed by atoms with Crippen LogP contribution in [0.4, 0.5) is 0 Å². The molecule has 36 heavy (non-hydrogen) atoms. The molecule has 14 heteroatoms. The van der Waals surface area contributed by atoms with Gasteiger partial charge in [0, 0.05) is 47.9 Å². The lowest BCUT2D eigenvalue weighted by Gasteiger charge is -2.28. The van der Waals surface area contributed by atoms with Crippen LogP contribution >= 0.6 is 0 Å². The van der Waals surface area contributed by atoms with Crippen LogP contribution in [0.25, 0.3) is 10.4 Å². The number of aryl methyl sites for hydroxylation is 1. The van der Waals surface area contributed by atoms with Crippen LogP contribution in [0.15, 0.2) is 70.0 Å². The molecule has 0 amide bonds. The molecule has 0 unspecified atom stereocenters. The van der Waals surface area contributed by atoms with Crippen molar-refractivity contribution in [2.45, 2.75) is 31.4 Å². The predicted molar refractivity (Wildman–Crippen MR) is 121 cm³/mol. The number of nitrogens with zero attached hydrogens (tertiary/aromatic N) is 6. The Bertz CT molecular complexity index is 1430. The molecule has 1 aliphatic heterocycles. The third-order valence-corrected chi connectivity index (χ3v) is 5.38. The molecule has 1 aliphatic rings. The third kappa shape index (κ3) is 4.99. The molecule has 0 saturated carbocycles. The molecule has 1 fully saturated rings. The molecule has 0 bridgehead atoms. The van der Waals surface area contributed by atoms with Gasteiger partial charge in [-0.3, -0.25) is 24.3 Å². The molecule has 14 nitrogen and oxygen atoms in total. The standard InChI is InChI=1S/C22H19N7O7/c1-13-11-29(21(33)26-18(13)30)17-8-16(35-20(32)15-5-3-7-25-10-15)22(36-17,27-28-23)12-34-19(31)14-4-2-6-24-9-14/h2-7,9-11,16-17H,8,12H2,1H3,(H,26,30,33)/t16-,17+,22+/m0/s1. The van der Waals surface area contributed by atoms with Gasteiger partial charge in [-0.15, -0.1) is 0 Å². The van der Waals surface area contributed by atoms with Crippen LogP contribution < -0.4 is 11.2 Å². The maximum Gasteiger partial charge on any atom is 0.340 e. The Morgan fingerprint density at radius 1 is 1.22 bits per heavy atom. The Hall–Kier alpha value is -4.81. The molecule has 4 rings (SSSR count). The van der Waals surface area contributed by atoms with E-state index < -0.39 is 47.9 Å². The van der Waals surface area contributed by atoms with Crippen molar-refractivity contribution in [2.75, 3.05) is 6.61 Å². The highest BCUT2D eigenvalue weighted by Crippen LogP contribution is 2.40. The monoisotopic (exact) mass is 493 g/mol. The minimum absolute atomic E-state index is 0.111. The minimum atomic E-state index is -2.03. The van der Waals surface area contributed by atoms with Crippen molar-refractivity contribution in [3.8, 4) is 0 Å². The molecule has 1 N–H and O–H groups in total. The highest BCUT2D eigenvalue weighted by atomic mass is 16.6. The quantitative estimate of drug-likeness (QED) is 0.220. The minimum Gasteiger partial charge on any atom is -0.459 e. The second-order valence-corrected chi connectivity index (χ2v) is 7.77. The number of aromatic nitrogens is 4. The normalized spacial score (nSPS) is 20.8. The van der Waals surface area contributed by atoms with Crippen LogP contribution in [-0.4, -0.2) is 49.9 Å². The first-order valence-electron chi connectivity index (χ1n) is 10.6. The van der Waals surface area contributed by atoms with Crippen LogP contribution in [0.2, 0.25) is 0 Å². The molecular weight excluding hydrogens is 474 g/mol. The average molecular weight is 493 g/mol. The van der Waals surface area contributed by atoms with E-state index in [0.29, 0.717) is 0 Å². The second-order valence-electron chi connectivity index (χ2n) is 7.77. The van der Waals surface area contributed by atoms with Crippen molar-refractivity contribution in [1.29, 1.82) is 0 Å². The number of carbonyl (C=O) groups is 2. The largest absolute Gasteiger partial charge is 0.459 e. The van der Waals surface area contributed by atoms with Gasteiger partial charge in [0.2, 0.25) is 5.72 Å². The van der Waals surface area contributed by atoms with Gasteiger partial charge in [0.1, 0.15) is 18.9 Å². The van der Waals surface area contributed by atoms with E-state index >= 15 is 0 Å². The topological polar surface area (TPSA) is 191 Å². The summed E-state index contributed by atoms with van der Waals surface area (Å²) >= 11 is 0. The molecule has 0 aromatic carbocycles. The smallest absolute Gasteiger partial charge is 0.340 e. The maximum atomic E-state index is 12.8. The van der Waals surface area contributed by atoms with E-state index in [0.717, 1.165) is 4.57 Å². The molecule has 0 radical (unpaired) electrons. The molecule has 3 aromatic rings. The molecule has 1 saturated heterocycles. The van der Waals surface area contributed by atoms with Crippen LogP contribution in [-0.2, 0) is 14.2 Å². The summed E-state index contributed by atoms with van der Waals surface area (Å²) in [4.78, 5) is 62.2. The van der Waals surface area contributed by atoms with Crippen molar-refractivity contribution in [2.24, 2.45) is 5.11 Å². The molecule has 0 aliphatic carbocycles. The van der Waals surface area contributed by atoms with Gasteiger partial charge in [0.05, 0.1) is 11.1 Å². The van der Waals surface area contributed by atoms with Gasteiger partial charge in [-0.1, -0.05) is 5.11 Å². The van der Waals surface area contributed by atoms with Gasteiger partial charge in [0.25, 0.3) is 5.56 Å². The van der Waals surface area contributed by atoms with Crippen molar-refractivity contribution in [3.63, 3.8) is 0 Å². The zero-order valence-corrected chi connectivity index (χ0v) is 18.8. The fourth-order valence-corrected chi connectivity index (χ4v) is 3.57. The zero-order chi connectivity index (χ0) is 25.7. The first kappa shape index (κ1) is 24.3. The van der Waals surface area contributed by atoms with Gasteiger partial charge < -0.3 is 14.2 Å². The summed E-state index contributed by atoms with van der Waals surface area (Å²) in [5.41, 5.74) is 6.34. The lowest BCUT2D eigenvalue weighted by Crippen LogP contribution is -2.45. The molecule has 3 atom stereocenters. The first-order chi connectivity index (χ1) is 17.3. The summed E-state index contributed by atoms with van der Waals surface area (Å²) in [5, 5.41) is 3.68. The van der Waals surface area contributed by atoms with Crippen LogP contribution in [0.3, 0.4) is 0 Å². The maximum absolute atomic E-state index is 12.8. The van der Waals surface area contributed by atoms with Crippen LogP contribution in [0.5, 0.6) is 0 Å². The Morgan fingerprint density at radius 3 is 2.50 bits per heavy atom. The number of hydrogen-bond acceptors (Lipinski definition) is 10. The molecule has 0 spiro atoms. The van der Waals surface area contributed by atoms with E-state index in [2.05, 4.69) is 25.0 Å². The Kier molecular flexibility index (Phi) is 6.90. The Balaban J connectivity index is 1.68. The van der Waals surface area contributed by atoms with E-state index in [1.165, 1.54) is 62.2 Å². The number of hydrogen-bond donors (Lipinski definition) is 1. The van der Waals surface area contributed by atoms with Gasteiger partial charge in [-0.25, -0.2) is 14.4 Å². The molecule has 184 valence electrons. The summed E-state index contributed by atoms with van der Waals surface area (Å²) in [5.74, 6) is -1.60. The van der Waals surface area contributed by atoms with Crippen molar-refractivity contribution in [1.82, 2.24) is 19.5 Å². The average Bonchev–Trinajstić information content (AvgIpc) is 3.23. The highest BCUT2D eigenvalue weighted by molar-refractivity contribution is 5.89. The van der Waals surface area contributed by atoms with Gasteiger partial charge in [0.15, 0.2) is 0 Å². The van der Waals surface area contributed by atoms with E-state index in [-0.39, 0.29) is 23.1 Å². The number of carbonyl (C=O) groups excluding carboxylic acids is 2. The van der Waals surface area contributed by atoms with Crippen molar-refractivity contribution >= 4 is 11.9 Å². The molecule has 3 aromatic heterocycles. The summed E-state index contributed by atoms with van der Waals surface area (Å²) in [7, 11) is 0. The van der Waals surface area contributed by atoms with Gasteiger partial charge in [-0.2, -0.15) is 0 Å². The van der Waals surface area contributed by atoms with Crippen LogP contribution in [0, 0.1) is 6.92 Å². The van der Waals surface area contributed by atoms with E-state index in [4.69, 9.17) is 14.2 Å². The number of esters is 2.